The summed E-state index contributed by atoms with van der Waals surface area (Å²) in [6.45, 7) is 1.84. The molecular formula is C26H25FN4O5S. The first kappa shape index (κ1) is 24.0. The van der Waals surface area contributed by atoms with Gasteiger partial charge in [-0.3, -0.25) is 4.90 Å². The number of likely N-dealkylation sites (tertiary alicyclic amines) is 1. The number of aromatic nitrogens is 2. The van der Waals surface area contributed by atoms with E-state index in [4.69, 9.17) is 8.94 Å². The fourth-order valence-electron chi connectivity index (χ4n) is 4.95. The van der Waals surface area contributed by atoms with E-state index in [0.29, 0.717) is 55.2 Å². The van der Waals surface area contributed by atoms with E-state index in [-0.39, 0.29) is 22.2 Å². The summed E-state index contributed by atoms with van der Waals surface area (Å²) in [6, 6.07) is 13.5. The van der Waals surface area contributed by atoms with Crippen LogP contribution < -0.4 is 10.3 Å². The summed E-state index contributed by atoms with van der Waals surface area (Å²) in [5.74, 6) is 0.878. The molecule has 2 aliphatic rings. The maximum absolute atomic E-state index is 13.3. The fourth-order valence-corrected chi connectivity index (χ4v) is 6.29. The number of hydrogen-bond donors (Lipinski definition) is 1. The van der Waals surface area contributed by atoms with Gasteiger partial charge in [-0.2, -0.15) is 4.98 Å². The second-order valence-corrected chi connectivity index (χ2v) is 11.4. The quantitative estimate of drug-likeness (QED) is 0.366. The molecule has 2 aromatic carbocycles. The first-order valence-corrected chi connectivity index (χ1v) is 13.7. The molecule has 1 aliphatic heterocycles. The minimum atomic E-state index is -3.73. The Morgan fingerprint density at radius 1 is 1.05 bits per heavy atom. The topological polar surface area (TPSA) is 119 Å². The lowest BCUT2D eigenvalue weighted by Gasteiger charge is -2.31. The zero-order chi connectivity index (χ0) is 25.6. The Kier molecular flexibility index (Phi) is 5.93. The van der Waals surface area contributed by atoms with Crippen molar-refractivity contribution in [1.82, 2.24) is 19.8 Å². The van der Waals surface area contributed by atoms with Crippen LogP contribution in [0.1, 0.15) is 43.0 Å². The normalized spacial score (nSPS) is 18.3. The number of sulfonamides is 1. The van der Waals surface area contributed by atoms with Crippen LogP contribution in [0.25, 0.3) is 11.0 Å². The van der Waals surface area contributed by atoms with Crippen LogP contribution in [0.15, 0.2) is 73.2 Å². The predicted molar refractivity (Wildman–Crippen MR) is 132 cm³/mol. The Morgan fingerprint density at radius 2 is 1.81 bits per heavy atom. The fraction of sp³-hybridized carbons (Fsp3) is 0.346. The Labute approximate surface area is 212 Å². The third-order valence-corrected chi connectivity index (χ3v) is 8.73. The van der Waals surface area contributed by atoms with Crippen molar-refractivity contribution in [1.29, 1.82) is 0 Å². The van der Waals surface area contributed by atoms with Crippen molar-refractivity contribution in [3.8, 4) is 0 Å². The lowest BCUT2D eigenvalue weighted by molar-refractivity contribution is 0.177. The van der Waals surface area contributed by atoms with Crippen molar-refractivity contribution in [2.75, 3.05) is 13.1 Å². The molecule has 0 radical (unpaired) electrons. The predicted octanol–water partition coefficient (Wildman–Crippen LogP) is 3.34. The van der Waals surface area contributed by atoms with Crippen molar-refractivity contribution in [2.45, 2.75) is 48.6 Å². The van der Waals surface area contributed by atoms with Gasteiger partial charge < -0.3 is 8.94 Å². The lowest BCUT2D eigenvalue weighted by atomic mass is 9.95. The van der Waals surface area contributed by atoms with Gasteiger partial charge in [-0.1, -0.05) is 17.3 Å². The largest absolute Gasteiger partial charge is 0.423 e. The highest BCUT2D eigenvalue weighted by atomic mass is 32.2. The molecule has 0 bridgehead atoms. The maximum atomic E-state index is 13.3. The van der Waals surface area contributed by atoms with Crippen LogP contribution in [-0.2, 0) is 22.0 Å². The first-order valence-electron chi connectivity index (χ1n) is 12.2. The highest BCUT2D eigenvalue weighted by molar-refractivity contribution is 7.89. The molecule has 1 saturated heterocycles. The van der Waals surface area contributed by atoms with E-state index in [2.05, 4.69) is 19.8 Å². The van der Waals surface area contributed by atoms with Crippen molar-refractivity contribution in [2.24, 2.45) is 0 Å². The molecule has 11 heteroatoms. The van der Waals surface area contributed by atoms with Crippen LogP contribution >= 0.6 is 0 Å². The molecule has 9 nitrogen and oxygen atoms in total. The summed E-state index contributed by atoms with van der Waals surface area (Å²) in [7, 11) is -3.73. The van der Waals surface area contributed by atoms with Crippen molar-refractivity contribution in [3.05, 3.63) is 88.1 Å². The second kappa shape index (κ2) is 9.16. The molecule has 0 spiro atoms. The Hall–Kier alpha value is -3.41. The number of rotatable bonds is 7. The number of fused-ring (bicyclic) bond motifs is 1. The van der Waals surface area contributed by atoms with E-state index in [0.717, 1.165) is 18.4 Å². The molecule has 6 rings (SSSR count). The summed E-state index contributed by atoms with van der Waals surface area (Å²) >= 11 is 0. The Morgan fingerprint density at radius 3 is 2.54 bits per heavy atom. The monoisotopic (exact) mass is 524 g/mol. The van der Waals surface area contributed by atoms with E-state index < -0.39 is 15.6 Å². The van der Waals surface area contributed by atoms with E-state index in [1.807, 2.05) is 0 Å². The minimum Gasteiger partial charge on any atom is -0.423 e. The summed E-state index contributed by atoms with van der Waals surface area (Å²) in [5, 5.41) is 4.76. The lowest BCUT2D eigenvalue weighted by Crippen LogP contribution is -2.44. The zero-order valence-electron chi connectivity index (χ0n) is 19.9. The van der Waals surface area contributed by atoms with Crippen LogP contribution in [0, 0.1) is 5.82 Å². The number of benzene rings is 2. The van der Waals surface area contributed by atoms with Crippen molar-refractivity contribution >= 4 is 21.0 Å². The number of nitrogens with zero attached hydrogens (tertiary/aromatic N) is 3. The van der Waals surface area contributed by atoms with Crippen molar-refractivity contribution < 1.29 is 21.7 Å². The summed E-state index contributed by atoms with van der Waals surface area (Å²) in [6.07, 6.45) is 3.08. The molecular weight excluding hydrogens is 499 g/mol. The maximum Gasteiger partial charge on any atom is 0.336 e. The summed E-state index contributed by atoms with van der Waals surface area (Å²) in [4.78, 5) is 18.3. The molecule has 2 fully saturated rings. The third-order valence-electron chi connectivity index (χ3n) is 7.21. The second-order valence-electron chi connectivity index (χ2n) is 9.73. The van der Waals surface area contributed by atoms with Crippen LogP contribution in [0.3, 0.4) is 0 Å². The van der Waals surface area contributed by atoms with E-state index in [1.165, 1.54) is 36.4 Å². The average Bonchev–Trinajstić information content (AvgIpc) is 3.56. The molecule has 2 aromatic heterocycles. The molecule has 1 aliphatic carbocycles. The first-order chi connectivity index (χ1) is 17.8. The van der Waals surface area contributed by atoms with Crippen LogP contribution in [0.4, 0.5) is 4.39 Å². The molecule has 1 saturated carbocycles. The molecule has 0 amide bonds. The molecule has 192 valence electrons. The number of hydrogen-bond acceptors (Lipinski definition) is 8. The standard InChI is InChI=1S/C26H25FN4O5S/c27-19-4-2-18(3-5-19)26(11-12-26)25-28-23(36-29-25)16-31-13-9-20(10-14-31)30-37(33,34)21-6-7-22-17(15-21)1-8-24(32)35-22/h1-8,15,20,30H,9-14,16H2. The number of halogens is 1. The van der Waals surface area contributed by atoms with Gasteiger partial charge >= 0.3 is 5.63 Å². The Bertz CT molecular complexity index is 1600. The molecule has 37 heavy (non-hydrogen) atoms. The van der Waals surface area contributed by atoms with Crippen molar-refractivity contribution in [3.63, 3.8) is 0 Å². The van der Waals surface area contributed by atoms with Gasteiger partial charge in [-0.25, -0.2) is 22.3 Å². The molecule has 1 N–H and O–H groups in total. The smallest absolute Gasteiger partial charge is 0.336 e. The third kappa shape index (κ3) is 4.81. The number of piperidine rings is 1. The molecule has 4 aromatic rings. The van der Waals surface area contributed by atoms with Gasteiger partial charge in [0.2, 0.25) is 15.9 Å². The van der Waals surface area contributed by atoms with Crippen LogP contribution in [0.5, 0.6) is 0 Å². The summed E-state index contributed by atoms with van der Waals surface area (Å²) < 4.78 is 52.6. The highest BCUT2D eigenvalue weighted by Gasteiger charge is 2.50. The zero-order valence-corrected chi connectivity index (χ0v) is 20.7. The van der Waals surface area contributed by atoms with Gasteiger partial charge in [0.1, 0.15) is 11.4 Å². The summed E-state index contributed by atoms with van der Waals surface area (Å²) in [5.41, 5.74) is 0.554. The van der Waals surface area contributed by atoms with Gasteiger partial charge in [0.05, 0.1) is 16.9 Å². The van der Waals surface area contributed by atoms with Gasteiger partial charge in [0, 0.05) is 30.6 Å². The Balaban J connectivity index is 1.06. The average molecular weight is 525 g/mol. The van der Waals surface area contributed by atoms with E-state index in [1.54, 1.807) is 18.2 Å². The van der Waals surface area contributed by atoms with Gasteiger partial charge in [-0.05, 0) is 67.6 Å². The molecule has 3 heterocycles. The van der Waals surface area contributed by atoms with Crippen LogP contribution in [0.2, 0.25) is 0 Å². The number of nitrogens with one attached hydrogen (secondary N) is 1. The minimum absolute atomic E-state index is 0.129. The van der Waals surface area contributed by atoms with Gasteiger partial charge in [0.25, 0.3) is 0 Å². The highest BCUT2D eigenvalue weighted by Crippen LogP contribution is 2.52. The van der Waals surface area contributed by atoms with E-state index >= 15 is 0 Å². The van der Waals surface area contributed by atoms with Gasteiger partial charge in [0.15, 0.2) is 5.82 Å². The molecule has 0 unspecified atom stereocenters. The van der Waals surface area contributed by atoms with Crippen LogP contribution in [-0.4, -0.2) is 42.6 Å². The SMILES string of the molecule is O=c1ccc2cc(S(=O)(=O)NC3CCN(Cc4nc(C5(c6ccc(F)cc6)CC5)no4)CC3)ccc2o1. The molecule has 0 atom stereocenters. The van der Waals surface area contributed by atoms with E-state index in [9.17, 15) is 17.6 Å². The van der Waals surface area contributed by atoms with Gasteiger partial charge in [-0.15, -0.1) is 0 Å².